The Morgan fingerprint density at radius 1 is 0.636 bits per heavy atom. The van der Waals surface area contributed by atoms with Crippen molar-refractivity contribution in [3.05, 3.63) is 87.4 Å². The van der Waals surface area contributed by atoms with Crippen molar-refractivity contribution in [1.29, 1.82) is 0 Å². The fourth-order valence-corrected chi connectivity index (χ4v) is 7.46. The highest BCUT2D eigenvalue weighted by molar-refractivity contribution is 7.27. The van der Waals surface area contributed by atoms with Crippen molar-refractivity contribution in [1.82, 2.24) is 24.1 Å². The van der Waals surface area contributed by atoms with Crippen molar-refractivity contribution >= 4 is 75.4 Å². The molecule has 0 fully saturated rings. The van der Waals surface area contributed by atoms with E-state index in [4.69, 9.17) is 15.0 Å². The summed E-state index contributed by atoms with van der Waals surface area (Å²) in [6.45, 7) is 5.66. The van der Waals surface area contributed by atoms with Crippen molar-refractivity contribution in [2.24, 2.45) is 0 Å². The molecule has 0 unspecified atom stereocenters. The lowest BCUT2D eigenvalue weighted by Crippen LogP contribution is -2.23. The third kappa shape index (κ3) is 4.82. The van der Waals surface area contributed by atoms with Gasteiger partial charge in [-0.2, -0.15) is 0 Å². The molecule has 5 heterocycles. The van der Waals surface area contributed by atoms with E-state index in [0.717, 1.165) is 47.8 Å². The lowest BCUT2D eigenvalue weighted by atomic mass is 10.2. The molecule has 0 saturated heterocycles. The number of fused-ring (bicyclic) bond motifs is 6. The minimum absolute atomic E-state index is 0.136. The molecule has 7 aromatic rings. The van der Waals surface area contributed by atoms with Gasteiger partial charge in [0, 0.05) is 23.9 Å². The number of thiophene rings is 2. The molecule has 0 radical (unpaired) electrons. The van der Waals surface area contributed by atoms with Gasteiger partial charge in [-0.05, 0) is 43.2 Å². The zero-order chi connectivity index (χ0) is 30.2. The topological polar surface area (TPSA) is 107 Å². The van der Waals surface area contributed by atoms with Gasteiger partial charge in [0.15, 0.2) is 0 Å². The van der Waals surface area contributed by atoms with Gasteiger partial charge in [-0.15, -0.1) is 22.7 Å². The number of anilines is 2. The second-order valence-electron chi connectivity index (χ2n) is 10.6. The first-order valence-corrected chi connectivity index (χ1v) is 16.6. The van der Waals surface area contributed by atoms with Crippen LogP contribution < -0.4 is 21.8 Å². The van der Waals surface area contributed by atoms with Gasteiger partial charge in [-0.3, -0.25) is 9.59 Å². The summed E-state index contributed by atoms with van der Waals surface area (Å²) < 4.78 is 4.38. The van der Waals surface area contributed by atoms with Crippen LogP contribution in [0.5, 0.6) is 0 Å². The smallest absolute Gasteiger partial charge is 0.277 e. The third-order valence-corrected chi connectivity index (χ3v) is 9.75. The van der Waals surface area contributed by atoms with Gasteiger partial charge < -0.3 is 10.6 Å². The molecule has 0 aliphatic carbocycles. The first-order valence-electron chi connectivity index (χ1n) is 14.9. The molecule has 5 aromatic heterocycles. The van der Waals surface area contributed by atoms with Gasteiger partial charge in [0.05, 0.1) is 11.4 Å². The van der Waals surface area contributed by atoms with E-state index in [1.807, 2.05) is 66.7 Å². The summed E-state index contributed by atoms with van der Waals surface area (Å²) in [4.78, 5) is 44.4. The van der Waals surface area contributed by atoms with E-state index in [1.54, 1.807) is 9.13 Å². The van der Waals surface area contributed by atoms with E-state index in [0.29, 0.717) is 55.1 Å². The van der Waals surface area contributed by atoms with E-state index in [1.165, 1.54) is 22.7 Å². The van der Waals surface area contributed by atoms with Crippen LogP contribution in [0.2, 0.25) is 0 Å². The molecule has 7 rings (SSSR count). The van der Waals surface area contributed by atoms with Crippen molar-refractivity contribution < 1.29 is 0 Å². The largest absolute Gasteiger partial charge is 0.355 e. The summed E-state index contributed by atoms with van der Waals surface area (Å²) in [6, 6.07) is 21.2. The van der Waals surface area contributed by atoms with Crippen LogP contribution in [0, 0.1) is 0 Å². The molecular weight excluding hydrogens is 591 g/mol. The predicted molar refractivity (Wildman–Crippen MR) is 184 cm³/mol. The van der Waals surface area contributed by atoms with Gasteiger partial charge in [-0.25, -0.2) is 24.1 Å². The zero-order valence-electron chi connectivity index (χ0n) is 24.5. The maximum absolute atomic E-state index is 14.0. The monoisotopic (exact) mass is 621 g/mol. The number of hydrogen-bond donors (Lipinski definition) is 2. The van der Waals surface area contributed by atoms with Crippen LogP contribution >= 0.6 is 22.7 Å². The van der Waals surface area contributed by atoms with Crippen molar-refractivity contribution in [3.8, 4) is 11.4 Å². The van der Waals surface area contributed by atoms with Gasteiger partial charge in [-0.1, -0.05) is 63.1 Å². The lowest BCUT2D eigenvalue weighted by molar-refractivity contribution is 0.817. The summed E-state index contributed by atoms with van der Waals surface area (Å²) in [5.41, 5.74) is 2.45. The summed E-state index contributed by atoms with van der Waals surface area (Å²) in [5, 5.41) is 8.35. The molecule has 0 atom stereocenters. The molecule has 0 aliphatic rings. The highest BCUT2D eigenvalue weighted by atomic mass is 32.1. The Labute approximate surface area is 260 Å². The fraction of sp³-hybridized carbons (Fsp3) is 0.242. The summed E-state index contributed by atoms with van der Waals surface area (Å²) in [5.74, 6) is 1.01. The molecule has 0 spiro atoms. The highest BCUT2D eigenvalue weighted by Crippen LogP contribution is 2.38. The molecule has 2 aromatic carbocycles. The lowest BCUT2D eigenvalue weighted by Gasteiger charge is -2.14. The molecule has 0 saturated carbocycles. The molecule has 0 aliphatic heterocycles. The van der Waals surface area contributed by atoms with Gasteiger partial charge in [0.2, 0.25) is 11.9 Å². The second-order valence-corrected chi connectivity index (χ2v) is 12.6. The van der Waals surface area contributed by atoms with Crippen LogP contribution in [0.4, 0.5) is 11.9 Å². The van der Waals surface area contributed by atoms with Crippen molar-refractivity contribution in [3.63, 3.8) is 0 Å². The van der Waals surface area contributed by atoms with Gasteiger partial charge >= 0.3 is 0 Å². The summed E-state index contributed by atoms with van der Waals surface area (Å²) in [7, 11) is 0. The van der Waals surface area contributed by atoms with Crippen molar-refractivity contribution in [2.75, 3.05) is 23.7 Å². The van der Waals surface area contributed by atoms with E-state index >= 15 is 0 Å². The molecule has 0 bridgehead atoms. The second kappa shape index (κ2) is 11.8. The van der Waals surface area contributed by atoms with E-state index in [9.17, 15) is 9.59 Å². The maximum Gasteiger partial charge on any atom is 0.277 e. The number of nitrogens with one attached hydrogen (secondary N) is 2. The molecule has 0 amide bonds. The van der Waals surface area contributed by atoms with Crippen LogP contribution in [0.3, 0.4) is 0 Å². The maximum atomic E-state index is 14.0. The zero-order valence-corrected chi connectivity index (χ0v) is 26.1. The van der Waals surface area contributed by atoms with E-state index < -0.39 is 0 Å². The minimum atomic E-state index is -0.136. The number of rotatable bonds is 10. The van der Waals surface area contributed by atoms with E-state index in [-0.39, 0.29) is 11.1 Å². The minimum Gasteiger partial charge on any atom is -0.355 e. The molecule has 44 heavy (non-hydrogen) atoms. The van der Waals surface area contributed by atoms with Gasteiger partial charge in [0.25, 0.3) is 11.1 Å². The highest BCUT2D eigenvalue weighted by Gasteiger charge is 2.22. The normalized spacial score (nSPS) is 11.7. The standard InChI is InChI=1S/C33H31N7O2S2/c1-3-5-17-34-32-36-24-22-19-23-25-27(31(42)40(21-15-11-8-12-16-21)33(37-25)35-18-6-4-2)44-29(23)38-28(22)43-26(24)30(41)39(32)20-13-9-7-10-14-20/h7-16,19H,3-6,17-18H2,1-2H3,(H,34,36)(H,35,37). The van der Waals surface area contributed by atoms with Crippen LogP contribution in [0.15, 0.2) is 76.3 Å². The number of unbranched alkanes of at least 4 members (excludes halogenated alkanes) is 2. The first kappa shape index (κ1) is 28.2. The average Bonchev–Trinajstić information content (AvgIpc) is 3.59. The predicted octanol–water partition coefficient (Wildman–Crippen LogP) is 7.33. The molecule has 2 N–H and O–H groups in total. The van der Waals surface area contributed by atoms with Gasteiger partial charge in [0.1, 0.15) is 30.1 Å². The summed E-state index contributed by atoms with van der Waals surface area (Å²) >= 11 is 2.67. The Bertz CT molecular complexity index is 2100. The average molecular weight is 622 g/mol. The van der Waals surface area contributed by atoms with Crippen molar-refractivity contribution in [2.45, 2.75) is 39.5 Å². The quantitative estimate of drug-likeness (QED) is 0.154. The number of benzene rings is 2. The van der Waals surface area contributed by atoms with Crippen LogP contribution in [-0.2, 0) is 0 Å². The number of hydrogen-bond acceptors (Lipinski definition) is 9. The number of nitrogens with zero attached hydrogens (tertiary/aromatic N) is 5. The fourth-order valence-electron chi connectivity index (χ4n) is 5.35. The Morgan fingerprint density at radius 2 is 1.07 bits per heavy atom. The Morgan fingerprint density at radius 3 is 1.48 bits per heavy atom. The number of aromatic nitrogens is 5. The number of para-hydroxylation sites is 2. The molecular formula is C33H31N7O2S2. The van der Waals surface area contributed by atoms with E-state index in [2.05, 4.69) is 24.5 Å². The first-order chi connectivity index (χ1) is 21.6. The Kier molecular flexibility index (Phi) is 7.57. The molecule has 11 heteroatoms. The third-order valence-electron chi connectivity index (χ3n) is 7.60. The SMILES string of the molecule is CCCCNc1nc2c(sc3nc4sc5c(=O)n(-c6ccccc6)c(NCCCC)nc5c4cc32)c(=O)n1-c1ccccc1. The van der Waals surface area contributed by atoms with Crippen LogP contribution in [0.25, 0.3) is 52.2 Å². The number of pyridine rings is 1. The van der Waals surface area contributed by atoms with Crippen LogP contribution in [0.1, 0.15) is 39.5 Å². The Hall–Kier alpha value is -4.61. The summed E-state index contributed by atoms with van der Waals surface area (Å²) in [6.07, 6.45) is 3.95. The molecule has 222 valence electrons. The Balaban J connectivity index is 1.47. The molecule has 9 nitrogen and oxygen atoms in total. The van der Waals surface area contributed by atoms with Crippen LogP contribution in [-0.4, -0.2) is 37.2 Å².